The molecular weight excluding hydrogens is 272 g/mol. The lowest BCUT2D eigenvalue weighted by Crippen LogP contribution is -2.28. The van der Waals surface area contributed by atoms with Gasteiger partial charge in [0.1, 0.15) is 6.07 Å². The summed E-state index contributed by atoms with van der Waals surface area (Å²) in [6.07, 6.45) is 4.54. The molecule has 0 bridgehead atoms. The first-order chi connectivity index (χ1) is 10.5. The van der Waals surface area contributed by atoms with Crippen LogP contribution in [-0.4, -0.2) is 13.2 Å². The minimum absolute atomic E-state index is 0.0166. The van der Waals surface area contributed by atoms with Crippen molar-refractivity contribution in [3.63, 3.8) is 0 Å². The lowest BCUT2D eigenvalue weighted by atomic mass is 10.0. The normalized spacial score (nSPS) is 18.2. The van der Waals surface area contributed by atoms with Crippen LogP contribution in [0.5, 0.6) is 0 Å². The van der Waals surface area contributed by atoms with Crippen molar-refractivity contribution in [1.29, 1.82) is 5.26 Å². The highest BCUT2D eigenvalue weighted by Crippen LogP contribution is 2.35. The molecule has 1 aromatic carbocycles. The van der Waals surface area contributed by atoms with Gasteiger partial charge < -0.3 is 9.64 Å². The number of nitrogens with zero attached hydrogens (tertiary/aromatic N) is 2. The van der Waals surface area contributed by atoms with Gasteiger partial charge in [0.05, 0.1) is 24.5 Å². The van der Waals surface area contributed by atoms with E-state index in [2.05, 4.69) is 49.6 Å². The zero-order chi connectivity index (χ0) is 16.3. The van der Waals surface area contributed by atoms with Crippen molar-refractivity contribution in [1.82, 2.24) is 0 Å². The van der Waals surface area contributed by atoms with E-state index in [9.17, 15) is 5.26 Å². The fraction of sp³-hybridized carbons (Fsp3) is 0.316. The molecule has 0 radical (unpaired) electrons. The van der Waals surface area contributed by atoms with Gasteiger partial charge in [0, 0.05) is 18.3 Å². The molecule has 0 fully saturated rings. The Hall–Kier alpha value is -2.47. The van der Waals surface area contributed by atoms with Gasteiger partial charge in [-0.15, -0.1) is 0 Å². The highest BCUT2D eigenvalue weighted by atomic mass is 16.5. The number of hydrogen-bond acceptors (Lipinski definition) is 3. The van der Waals surface area contributed by atoms with E-state index in [0.717, 1.165) is 17.0 Å². The van der Waals surface area contributed by atoms with Gasteiger partial charge in [-0.05, 0) is 55.7 Å². The molecule has 1 aliphatic rings. The Kier molecular flexibility index (Phi) is 4.72. The second-order valence-electron chi connectivity index (χ2n) is 5.53. The second-order valence-corrected chi connectivity index (χ2v) is 5.53. The summed E-state index contributed by atoms with van der Waals surface area (Å²) in [5.74, 6) is 0.896. The number of anilines is 1. The van der Waals surface area contributed by atoms with Crippen molar-refractivity contribution in [2.75, 3.05) is 12.0 Å². The summed E-state index contributed by atoms with van der Waals surface area (Å²) in [5, 5.41) is 9.31. The minimum atomic E-state index is 0.0166. The monoisotopic (exact) mass is 294 g/mol. The minimum Gasteiger partial charge on any atom is -0.501 e. The molecule has 1 aromatic rings. The molecule has 0 aliphatic carbocycles. The standard InChI is InChI=1S/C19H22N2O/c1-6-18(22-5)10-19-15(4)16(11-20)12-21(19)17-8-7-13(2)14(3)9-17/h6-9,12,19H,4,10H2,1-3,5H3/b18-6+. The van der Waals surface area contributed by atoms with Gasteiger partial charge >= 0.3 is 0 Å². The maximum Gasteiger partial charge on any atom is 0.101 e. The van der Waals surface area contributed by atoms with Crippen molar-refractivity contribution < 1.29 is 4.74 Å². The fourth-order valence-electron chi connectivity index (χ4n) is 2.63. The van der Waals surface area contributed by atoms with Crippen molar-refractivity contribution >= 4 is 5.69 Å². The number of ether oxygens (including phenoxy) is 1. The third-order valence-corrected chi connectivity index (χ3v) is 4.24. The van der Waals surface area contributed by atoms with Gasteiger partial charge in [-0.1, -0.05) is 12.6 Å². The molecule has 1 unspecified atom stereocenters. The smallest absolute Gasteiger partial charge is 0.101 e. The summed E-state index contributed by atoms with van der Waals surface area (Å²) in [6, 6.07) is 8.59. The van der Waals surface area contributed by atoms with E-state index in [1.807, 2.05) is 19.2 Å². The lowest BCUT2D eigenvalue weighted by molar-refractivity contribution is 0.273. The van der Waals surface area contributed by atoms with Crippen LogP contribution < -0.4 is 4.90 Å². The Morgan fingerprint density at radius 1 is 1.41 bits per heavy atom. The summed E-state index contributed by atoms with van der Waals surface area (Å²) in [7, 11) is 1.67. The Labute approximate surface area is 132 Å². The predicted octanol–water partition coefficient (Wildman–Crippen LogP) is 4.40. The molecule has 0 N–H and O–H groups in total. The molecule has 0 spiro atoms. The first-order valence-corrected chi connectivity index (χ1v) is 7.37. The molecule has 1 heterocycles. The van der Waals surface area contributed by atoms with E-state index >= 15 is 0 Å². The average Bonchev–Trinajstić information content (AvgIpc) is 2.83. The molecular formula is C19H22N2O. The van der Waals surface area contributed by atoms with Crippen molar-refractivity contribution in [3.8, 4) is 6.07 Å². The molecule has 0 aromatic heterocycles. The number of benzene rings is 1. The van der Waals surface area contributed by atoms with Gasteiger partial charge in [0.25, 0.3) is 0 Å². The van der Waals surface area contributed by atoms with Gasteiger partial charge in [-0.3, -0.25) is 0 Å². The molecule has 114 valence electrons. The second kappa shape index (κ2) is 6.53. The van der Waals surface area contributed by atoms with Crippen LogP contribution in [0.3, 0.4) is 0 Å². The van der Waals surface area contributed by atoms with Crippen LogP contribution in [0.15, 0.2) is 54.0 Å². The number of nitriles is 1. The van der Waals surface area contributed by atoms with Crippen molar-refractivity contribution in [2.24, 2.45) is 0 Å². The van der Waals surface area contributed by atoms with Gasteiger partial charge in [-0.25, -0.2) is 0 Å². The van der Waals surface area contributed by atoms with Gasteiger partial charge in [-0.2, -0.15) is 5.26 Å². The summed E-state index contributed by atoms with van der Waals surface area (Å²) in [4.78, 5) is 2.12. The largest absolute Gasteiger partial charge is 0.501 e. The zero-order valence-electron chi connectivity index (χ0n) is 13.7. The number of allylic oxidation sites excluding steroid dienone is 1. The topological polar surface area (TPSA) is 36.3 Å². The van der Waals surface area contributed by atoms with E-state index in [-0.39, 0.29) is 6.04 Å². The molecule has 3 heteroatoms. The van der Waals surface area contributed by atoms with E-state index in [1.54, 1.807) is 7.11 Å². The molecule has 0 saturated carbocycles. The molecule has 0 saturated heterocycles. The number of rotatable bonds is 4. The first-order valence-electron chi connectivity index (χ1n) is 7.37. The van der Waals surface area contributed by atoms with Gasteiger partial charge in [0.15, 0.2) is 0 Å². The van der Waals surface area contributed by atoms with Crippen LogP contribution in [0.4, 0.5) is 5.69 Å². The van der Waals surface area contributed by atoms with Crippen molar-refractivity contribution in [2.45, 2.75) is 33.2 Å². The van der Waals surface area contributed by atoms with Crippen LogP contribution >= 0.6 is 0 Å². The number of methoxy groups -OCH3 is 1. The first kappa shape index (κ1) is 15.9. The van der Waals surface area contributed by atoms with Crippen molar-refractivity contribution in [3.05, 3.63) is 65.1 Å². The van der Waals surface area contributed by atoms with Crippen LogP contribution in [0.1, 0.15) is 24.5 Å². The zero-order valence-corrected chi connectivity index (χ0v) is 13.7. The van der Waals surface area contributed by atoms with Crippen LogP contribution in [0.25, 0.3) is 0 Å². The van der Waals surface area contributed by atoms with Crippen LogP contribution in [0.2, 0.25) is 0 Å². The molecule has 22 heavy (non-hydrogen) atoms. The van der Waals surface area contributed by atoms with E-state index in [4.69, 9.17) is 4.74 Å². The fourth-order valence-corrected chi connectivity index (χ4v) is 2.63. The number of hydrogen-bond donors (Lipinski definition) is 0. The average molecular weight is 294 g/mol. The van der Waals surface area contributed by atoms with E-state index in [1.165, 1.54) is 11.1 Å². The quantitative estimate of drug-likeness (QED) is 0.772. The number of aryl methyl sites for hydroxylation is 2. The Morgan fingerprint density at radius 3 is 2.68 bits per heavy atom. The highest BCUT2D eigenvalue weighted by molar-refractivity contribution is 5.64. The molecule has 2 rings (SSSR count). The Bertz CT molecular complexity index is 692. The van der Waals surface area contributed by atoms with E-state index in [0.29, 0.717) is 12.0 Å². The Balaban J connectivity index is 2.40. The summed E-state index contributed by atoms with van der Waals surface area (Å²) in [6.45, 7) is 10.3. The molecule has 3 nitrogen and oxygen atoms in total. The summed E-state index contributed by atoms with van der Waals surface area (Å²) in [5.41, 5.74) is 5.05. The van der Waals surface area contributed by atoms with Crippen LogP contribution in [0, 0.1) is 25.2 Å². The summed E-state index contributed by atoms with van der Waals surface area (Å²) >= 11 is 0. The SMILES string of the molecule is C=C1C(C#N)=CN(c2ccc(C)c(C)c2)C1C/C(=C\C)OC. The Morgan fingerprint density at radius 2 is 2.14 bits per heavy atom. The summed E-state index contributed by atoms with van der Waals surface area (Å²) < 4.78 is 5.39. The van der Waals surface area contributed by atoms with Crippen LogP contribution in [-0.2, 0) is 4.74 Å². The van der Waals surface area contributed by atoms with E-state index < -0.39 is 0 Å². The van der Waals surface area contributed by atoms with Gasteiger partial charge in [0.2, 0.25) is 0 Å². The third kappa shape index (κ3) is 2.92. The maximum atomic E-state index is 9.31. The maximum absolute atomic E-state index is 9.31. The third-order valence-electron chi connectivity index (χ3n) is 4.24. The lowest BCUT2D eigenvalue weighted by Gasteiger charge is -2.27. The molecule has 1 atom stereocenters. The molecule has 1 aliphatic heterocycles. The highest BCUT2D eigenvalue weighted by Gasteiger charge is 2.30. The molecule has 0 amide bonds. The predicted molar refractivity (Wildman–Crippen MR) is 90.4 cm³/mol.